The molecule has 7 nitrogen and oxygen atoms in total. The van der Waals surface area contributed by atoms with Crippen LogP contribution < -0.4 is 5.32 Å². The number of aryl methyl sites for hydroxylation is 1. The zero-order valence-corrected chi connectivity index (χ0v) is 22.0. The Morgan fingerprint density at radius 1 is 1.21 bits per heavy atom. The summed E-state index contributed by atoms with van der Waals surface area (Å²) in [5, 5.41) is 10.3. The number of nitrogens with one attached hydrogen (secondary N) is 1. The Kier molecular flexibility index (Phi) is 8.20. The van der Waals surface area contributed by atoms with Crippen LogP contribution in [0, 0.1) is 19.8 Å². The second kappa shape index (κ2) is 10.7. The number of imidazole rings is 1. The van der Waals surface area contributed by atoms with Crippen molar-refractivity contribution >= 4 is 27.3 Å². The van der Waals surface area contributed by atoms with Crippen molar-refractivity contribution in [3.8, 4) is 11.1 Å². The fourth-order valence-electron chi connectivity index (χ4n) is 4.01. The van der Waals surface area contributed by atoms with Gasteiger partial charge in [-0.2, -0.15) is 0 Å². The molecule has 0 aliphatic rings. The van der Waals surface area contributed by atoms with Crippen LogP contribution in [0.25, 0.3) is 11.1 Å². The lowest BCUT2D eigenvalue weighted by molar-refractivity contribution is 0.192. The Morgan fingerprint density at radius 2 is 1.88 bits per heavy atom. The van der Waals surface area contributed by atoms with Gasteiger partial charge in [-0.05, 0) is 49.3 Å². The highest BCUT2D eigenvalue weighted by Gasteiger charge is 2.34. The molecule has 0 radical (unpaired) electrons. The minimum absolute atomic E-state index is 0.216. The maximum atomic E-state index is 13.7. The van der Waals surface area contributed by atoms with Crippen LogP contribution >= 0.6 is 11.3 Å². The maximum absolute atomic E-state index is 13.7. The zero-order valence-electron chi connectivity index (χ0n) is 20.3. The minimum Gasteiger partial charge on any atom is -0.465 e. The minimum atomic E-state index is -3.92. The summed E-state index contributed by atoms with van der Waals surface area (Å²) in [7, 11) is -3.92. The third-order valence-electron chi connectivity index (χ3n) is 5.79. The molecule has 3 aromatic rings. The summed E-state index contributed by atoms with van der Waals surface area (Å²) in [4.78, 5) is 16.6. The molecule has 184 valence electrons. The molecule has 9 heteroatoms. The number of nitrogens with zero attached hydrogens (tertiary/aromatic N) is 2. The van der Waals surface area contributed by atoms with Crippen LogP contribution in [0.1, 0.15) is 55.4 Å². The van der Waals surface area contributed by atoms with Gasteiger partial charge in [0.15, 0.2) is 0 Å². The average Bonchev–Trinajstić information content (AvgIpc) is 3.31. The summed E-state index contributed by atoms with van der Waals surface area (Å²) in [5.74, 6) is 1.29. The van der Waals surface area contributed by atoms with E-state index in [1.807, 2.05) is 55.8 Å². The zero-order chi connectivity index (χ0) is 25.0. The van der Waals surface area contributed by atoms with E-state index >= 15 is 0 Å². The summed E-state index contributed by atoms with van der Waals surface area (Å²) in [5.41, 5.74) is 3.53. The standard InChI is InChI=1S/C25H33N3O4S2/c1-6-7-22(27-25(29)30)34(31,32)24-23(17(4)21(33-24)14-16(2)3)20-10-8-19(9-11-20)15-28-13-12-26-18(28)5/h8-13,16,22,27H,6-7,14-15H2,1-5H3,(H,29,30). The number of carboxylic acid groups (broad SMARTS) is 1. The van der Waals surface area contributed by atoms with Crippen LogP contribution in [0.5, 0.6) is 0 Å². The normalized spacial score (nSPS) is 12.8. The van der Waals surface area contributed by atoms with Crippen molar-refractivity contribution in [1.82, 2.24) is 14.9 Å². The first-order valence-electron chi connectivity index (χ1n) is 11.5. The van der Waals surface area contributed by atoms with Crippen LogP contribution in [-0.2, 0) is 22.8 Å². The van der Waals surface area contributed by atoms with Gasteiger partial charge in [0.2, 0.25) is 9.84 Å². The van der Waals surface area contributed by atoms with E-state index in [2.05, 4.69) is 24.1 Å². The molecular weight excluding hydrogens is 470 g/mol. The number of hydrogen-bond donors (Lipinski definition) is 2. The Labute approximate surface area is 205 Å². The van der Waals surface area contributed by atoms with Gasteiger partial charge >= 0.3 is 6.09 Å². The summed E-state index contributed by atoms with van der Waals surface area (Å²) in [6.07, 6.45) is 3.89. The number of aromatic nitrogens is 2. The van der Waals surface area contributed by atoms with Gasteiger partial charge in [-0.3, -0.25) is 0 Å². The first kappa shape index (κ1) is 26.0. The van der Waals surface area contributed by atoms with Gasteiger partial charge in [0.1, 0.15) is 15.4 Å². The van der Waals surface area contributed by atoms with Crippen molar-refractivity contribution in [1.29, 1.82) is 0 Å². The largest absolute Gasteiger partial charge is 0.465 e. The Hall–Kier alpha value is -2.65. The average molecular weight is 504 g/mol. The third-order valence-corrected chi connectivity index (χ3v) is 9.67. The lowest BCUT2D eigenvalue weighted by Crippen LogP contribution is -2.39. The molecule has 34 heavy (non-hydrogen) atoms. The van der Waals surface area contributed by atoms with Gasteiger partial charge in [-0.15, -0.1) is 11.3 Å². The highest BCUT2D eigenvalue weighted by atomic mass is 32.2. The highest BCUT2D eigenvalue weighted by molar-refractivity contribution is 7.94. The van der Waals surface area contributed by atoms with Gasteiger partial charge in [0, 0.05) is 29.4 Å². The second-order valence-electron chi connectivity index (χ2n) is 8.98. The van der Waals surface area contributed by atoms with Gasteiger partial charge in [0.05, 0.1) is 0 Å². The molecular formula is C25H33N3O4S2. The second-order valence-corrected chi connectivity index (χ2v) is 12.4. The smallest absolute Gasteiger partial charge is 0.405 e. The van der Waals surface area contributed by atoms with E-state index < -0.39 is 21.3 Å². The molecule has 1 unspecified atom stereocenters. The van der Waals surface area contributed by atoms with Crippen molar-refractivity contribution in [2.45, 2.75) is 70.0 Å². The van der Waals surface area contributed by atoms with E-state index in [-0.39, 0.29) is 10.6 Å². The SMILES string of the molecule is CCCC(NC(=O)O)S(=O)(=O)c1sc(CC(C)C)c(C)c1-c1ccc(Cn2ccnc2C)cc1. The first-order chi connectivity index (χ1) is 16.0. The molecule has 2 aromatic heterocycles. The third kappa shape index (κ3) is 5.70. The summed E-state index contributed by atoms with van der Waals surface area (Å²) in [6, 6.07) is 7.91. The van der Waals surface area contributed by atoms with Crippen molar-refractivity contribution in [2.75, 3.05) is 0 Å². The summed E-state index contributed by atoms with van der Waals surface area (Å²) >= 11 is 1.27. The molecule has 2 heterocycles. The van der Waals surface area contributed by atoms with Crippen LogP contribution in [0.4, 0.5) is 4.79 Å². The molecule has 0 aliphatic carbocycles. The molecule has 1 aromatic carbocycles. The molecule has 3 rings (SSSR count). The molecule has 1 amide bonds. The number of sulfone groups is 1. The fraction of sp³-hybridized carbons (Fsp3) is 0.440. The van der Waals surface area contributed by atoms with Crippen molar-refractivity contribution in [3.05, 3.63) is 58.5 Å². The molecule has 0 spiro atoms. The number of rotatable bonds is 10. The number of hydrogen-bond acceptors (Lipinski definition) is 5. The number of carbonyl (C=O) groups is 1. The fourth-order valence-corrected chi connectivity index (χ4v) is 8.01. The molecule has 0 saturated carbocycles. The van der Waals surface area contributed by atoms with Crippen LogP contribution in [0.2, 0.25) is 0 Å². The molecule has 0 aliphatic heterocycles. The molecule has 1 atom stereocenters. The Bertz CT molecular complexity index is 1240. The predicted octanol–water partition coefficient (Wildman–Crippen LogP) is 5.64. The van der Waals surface area contributed by atoms with Crippen LogP contribution in [0.15, 0.2) is 40.9 Å². The number of benzene rings is 1. The van der Waals surface area contributed by atoms with E-state index in [4.69, 9.17) is 0 Å². The van der Waals surface area contributed by atoms with Gasteiger partial charge in [-0.1, -0.05) is 51.5 Å². The predicted molar refractivity (Wildman–Crippen MR) is 136 cm³/mol. The maximum Gasteiger partial charge on any atom is 0.405 e. The topological polar surface area (TPSA) is 101 Å². The lowest BCUT2D eigenvalue weighted by Gasteiger charge is -2.17. The number of thiophene rings is 1. The van der Waals surface area contributed by atoms with E-state index in [9.17, 15) is 18.3 Å². The van der Waals surface area contributed by atoms with Gasteiger partial charge in [0.25, 0.3) is 0 Å². The van der Waals surface area contributed by atoms with Crippen LogP contribution in [-0.4, -0.2) is 34.5 Å². The van der Waals surface area contributed by atoms with E-state index in [0.717, 1.165) is 33.8 Å². The van der Waals surface area contributed by atoms with E-state index in [0.29, 0.717) is 24.4 Å². The Balaban J connectivity index is 2.08. The first-order valence-corrected chi connectivity index (χ1v) is 13.8. The van der Waals surface area contributed by atoms with Gasteiger partial charge in [-0.25, -0.2) is 18.2 Å². The van der Waals surface area contributed by atoms with E-state index in [1.54, 1.807) is 6.20 Å². The van der Waals surface area contributed by atoms with Crippen molar-refractivity contribution in [3.63, 3.8) is 0 Å². The summed E-state index contributed by atoms with van der Waals surface area (Å²) in [6.45, 7) is 10.6. The summed E-state index contributed by atoms with van der Waals surface area (Å²) < 4.78 is 29.7. The van der Waals surface area contributed by atoms with Gasteiger partial charge < -0.3 is 15.0 Å². The Morgan fingerprint density at radius 3 is 2.41 bits per heavy atom. The molecule has 0 fully saturated rings. The highest BCUT2D eigenvalue weighted by Crippen LogP contribution is 2.42. The monoisotopic (exact) mass is 503 g/mol. The molecule has 0 saturated heterocycles. The van der Waals surface area contributed by atoms with Crippen molar-refractivity contribution < 1.29 is 18.3 Å². The quantitative estimate of drug-likeness (QED) is 0.373. The van der Waals surface area contributed by atoms with E-state index in [1.165, 1.54) is 11.3 Å². The molecule has 0 bridgehead atoms. The lowest BCUT2D eigenvalue weighted by atomic mass is 9.99. The van der Waals surface area contributed by atoms with Crippen LogP contribution in [0.3, 0.4) is 0 Å². The van der Waals surface area contributed by atoms with Crippen molar-refractivity contribution in [2.24, 2.45) is 5.92 Å². The number of amides is 1. The molecule has 2 N–H and O–H groups in total.